The van der Waals surface area contributed by atoms with Crippen molar-refractivity contribution in [1.29, 1.82) is 0 Å². The second-order valence-corrected chi connectivity index (χ2v) is 6.94. The van der Waals surface area contributed by atoms with E-state index < -0.39 is 5.97 Å². The van der Waals surface area contributed by atoms with Gasteiger partial charge < -0.3 is 5.11 Å². The molecule has 0 aromatic heterocycles. The van der Waals surface area contributed by atoms with Crippen molar-refractivity contribution in [3.05, 3.63) is 27.7 Å². The van der Waals surface area contributed by atoms with Gasteiger partial charge in [0.1, 0.15) is 0 Å². The molecule has 0 fully saturated rings. The number of hydrogen-bond donors (Lipinski definition) is 1. The van der Waals surface area contributed by atoms with Gasteiger partial charge in [-0.05, 0) is 40.8 Å². The van der Waals surface area contributed by atoms with Crippen molar-refractivity contribution in [3.8, 4) is 0 Å². The number of halogens is 1. The molecule has 1 aliphatic heterocycles. The number of hydrogen-bond acceptors (Lipinski definition) is 2. The van der Waals surface area contributed by atoms with Crippen LogP contribution in [0.3, 0.4) is 0 Å². The van der Waals surface area contributed by atoms with E-state index in [0.29, 0.717) is 0 Å². The number of fused-ring (bicyclic) bond motifs is 1. The Balaban J connectivity index is 2.61. The zero-order valence-electron chi connectivity index (χ0n) is 9.92. The zero-order valence-corrected chi connectivity index (χ0v) is 12.3. The molecule has 2 nitrogen and oxygen atoms in total. The highest BCUT2D eigenvalue weighted by molar-refractivity contribution is 9.10. The Kier molecular flexibility index (Phi) is 3.55. The van der Waals surface area contributed by atoms with Gasteiger partial charge in [0.2, 0.25) is 0 Å². The second-order valence-electron chi connectivity index (χ2n) is 4.95. The Bertz CT molecular complexity index is 469. The molecule has 1 N–H and O–H groups in total. The molecule has 1 aromatic rings. The van der Waals surface area contributed by atoms with Crippen LogP contribution < -0.4 is 0 Å². The summed E-state index contributed by atoms with van der Waals surface area (Å²) in [5.41, 5.74) is 2.22. The topological polar surface area (TPSA) is 37.3 Å². The van der Waals surface area contributed by atoms with Crippen LogP contribution in [0.2, 0.25) is 0 Å². The Labute approximate surface area is 114 Å². The minimum absolute atomic E-state index is 0.0646. The lowest BCUT2D eigenvalue weighted by atomic mass is 9.78. The Hall–Kier alpha value is -0.480. The van der Waals surface area contributed by atoms with Gasteiger partial charge in [0.15, 0.2) is 0 Å². The summed E-state index contributed by atoms with van der Waals surface area (Å²) < 4.78 is 0.911. The van der Waals surface area contributed by atoms with Gasteiger partial charge in [-0.3, -0.25) is 4.79 Å². The maximum absolute atomic E-state index is 11.0. The molecule has 1 aromatic carbocycles. The van der Waals surface area contributed by atoms with Gasteiger partial charge in [-0.2, -0.15) is 0 Å². The summed E-state index contributed by atoms with van der Waals surface area (Å²) in [7, 11) is 0. The first kappa shape index (κ1) is 13.0. The molecule has 92 valence electrons. The van der Waals surface area contributed by atoms with E-state index in [4.69, 9.17) is 5.11 Å². The fourth-order valence-corrected chi connectivity index (χ4v) is 4.34. The summed E-state index contributed by atoms with van der Waals surface area (Å²) >= 11 is 5.31. The predicted molar refractivity (Wildman–Crippen MR) is 73.8 cm³/mol. The van der Waals surface area contributed by atoms with Gasteiger partial charge >= 0.3 is 5.97 Å². The van der Waals surface area contributed by atoms with Crippen molar-refractivity contribution >= 4 is 33.7 Å². The zero-order chi connectivity index (χ0) is 12.6. The van der Waals surface area contributed by atoms with E-state index in [1.54, 1.807) is 0 Å². The SMILES string of the molecule is CC1(C)CCSc2ccc(Br)c(CC(=O)O)c21. The number of aliphatic carboxylic acids is 1. The normalized spacial score (nSPS) is 17.6. The number of thioether (sulfide) groups is 1. The largest absolute Gasteiger partial charge is 0.481 e. The fraction of sp³-hybridized carbons (Fsp3) is 0.462. The average molecular weight is 315 g/mol. The highest BCUT2D eigenvalue weighted by Gasteiger charge is 2.31. The molecule has 2 rings (SSSR count). The molecule has 0 saturated carbocycles. The van der Waals surface area contributed by atoms with Crippen LogP contribution in [0.1, 0.15) is 31.4 Å². The van der Waals surface area contributed by atoms with Crippen molar-refractivity contribution in [2.24, 2.45) is 0 Å². The molecule has 0 aliphatic carbocycles. The van der Waals surface area contributed by atoms with Crippen molar-refractivity contribution in [1.82, 2.24) is 0 Å². The van der Waals surface area contributed by atoms with Crippen molar-refractivity contribution in [2.45, 2.75) is 37.0 Å². The van der Waals surface area contributed by atoms with Crippen molar-refractivity contribution in [2.75, 3.05) is 5.75 Å². The van der Waals surface area contributed by atoms with E-state index in [-0.39, 0.29) is 11.8 Å². The van der Waals surface area contributed by atoms with Crippen LogP contribution in [-0.4, -0.2) is 16.8 Å². The van der Waals surface area contributed by atoms with Crippen molar-refractivity contribution < 1.29 is 9.90 Å². The van der Waals surface area contributed by atoms with Gasteiger partial charge in [-0.1, -0.05) is 29.8 Å². The molecule has 0 saturated heterocycles. The number of benzene rings is 1. The number of carboxylic acid groups (broad SMARTS) is 1. The lowest BCUT2D eigenvalue weighted by Gasteiger charge is -2.34. The predicted octanol–water partition coefficient (Wildman–Crippen LogP) is 3.85. The third kappa shape index (κ3) is 2.52. The molecular weight excluding hydrogens is 300 g/mol. The molecule has 0 atom stereocenters. The van der Waals surface area contributed by atoms with E-state index in [0.717, 1.165) is 22.2 Å². The first-order valence-electron chi connectivity index (χ1n) is 5.58. The highest BCUT2D eigenvalue weighted by atomic mass is 79.9. The average Bonchev–Trinajstić information content (AvgIpc) is 2.21. The molecule has 0 radical (unpaired) electrons. The summed E-state index contributed by atoms with van der Waals surface area (Å²) in [6.45, 7) is 4.40. The number of carbonyl (C=O) groups is 1. The van der Waals surface area contributed by atoms with Gasteiger partial charge in [-0.15, -0.1) is 11.8 Å². The van der Waals surface area contributed by atoms with Gasteiger partial charge in [0, 0.05) is 9.37 Å². The van der Waals surface area contributed by atoms with Crippen LogP contribution in [0.15, 0.2) is 21.5 Å². The third-order valence-electron chi connectivity index (χ3n) is 3.21. The van der Waals surface area contributed by atoms with E-state index in [1.165, 1.54) is 10.5 Å². The van der Waals surface area contributed by atoms with E-state index in [1.807, 2.05) is 17.8 Å². The second kappa shape index (κ2) is 4.65. The summed E-state index contributed by atoms with van der Waals surface area (Å²) in [6.07, 6.45) is 1.18. The lowest BCUT2D eigenvalue weighted by molar-refractivity contribution is -0.136. The maximum atomic E-state index is 11.0. The quantitative estimate of drug-likeness (QED) is 0.901. The number of rotatable bonds is 2. The molecule has 0 unspecified atom stereocenters. The minimum Gasteiger partial charge on any atom is -0.481 e. The molecule has 17 heavy (non-hydrogen) atoms. The maximum Gasteiger partial charge on any atom is 0.307 e. The molecule has 4 heteroatoms. The first-order valence-corrected chi connectivity index (χ1v) is 7.36. The van der Waals surface area contributed by atoms with Crippen LogP contribution in [0, 0.1) is 0 Å². The van der Waals surface area contributed by atoms with Crippen LogP contribution >= 0.6 is 27.7 Å². The fourth-order valence-electron chi connectivity index (χ4n) is 2.33. The van der Waals surface area contributed by atoms with E-state index in [2.05, 4.69) is 35.8 Å². The van der Waals surface area contributed by atoms with Crippen LogP contribution in [0.4, 0.5) is 0 Å². The standard InChI is InChI=1S/C13H15BrO2S/c1-13(2)5-6-17-10-4-3-9(14)8(12(10)13)7-11(15)16/h3-4H,5-7H2,1-2H3,(H,15,16). The minimum atomic E-state index is -0.773. The van der Waals surface area contributed by atoms with E-state index >= 15 is 0 Å². The summed E-state index contributed by atoms with van der Waals surface area (Å²) in [4.78, 5) is 12.2. The van der Waals surface area contributed by atoms with Crippen molar-refractivity contribution in [3.63, 3.8) is 0 Å². The molecule has 0 amide bonds. The van der Waals surface area contributed by atoms with Crippen LogP contribution in [0.5, 0.6) is 0 Å². The monoisotopic (exact) mass is 314 g/mol. The van der Waals surface area contributed by atoms with Gasteiger partial charge in [0.05, 0.1) is 6.42 Å². The molecule has 1 heterocycles. The first-order chi connectivity index (χ1) is 7.92. The number of carboxylic acids is 1. The summed E-state index contributed by atoms with van der Waals surface area (Å²) in [5.74, 6) is 0.333. The smallest absolute Gasteiger partial charge is 0.307 e. The molecule has 0 bridgehead atoms. The molecule has 1 aliphatic rings. The Morgan fingerprint density at radius 3 is 2.88 bits per heavy atom. The lowest BCUT2D eigenvalue weighted by Crippen LogP contribution is -2.25. The Morgan fingerprint density at radius 1 is 1.53 bits per heavy atom. The molecular formula is C13H15BrO2S. The summed E-state index contributed by atoms with van der Waals surface area (Å²) in [6, 6.07) is 4.06. The Morgan fingerprint density at radius 2 is 2.24 bits per heavy atom. The van der Waals surface area contributed by atoms with E-state index in [9.17, 15) is 4.79 Å². The van der Waals surface area contributed by atoms with Gasteiger partial charge in [-0.25, -0.2) is 0 Å². The summed E-state index contributed by atoms with van der Waals surface area (Å²) in [5, 5.41) is 9.04. The van der Waals surface area contributed by atoms with Crippen LogP contribution in [0.25, 0.3) is 0 Å². The highest BCUT2D eigenvalue weighted by Crippen LogP contribution is 2.45. The third-order valence-corrected chi connectivity index (χ3v) is 5.01. The van der Waals surface area contributed by atoms with Crippen LogP contribution in [-0.2, 0) is 16.6 Å². The van der Waals surface area contributed by atoms with Gasteiger partial charge in [0.25, 0.3) is 0 Å². The molecule has 0 spiro atoms.